The van der Waals surface area contributed by atoms with Gasteiger partial charge in [-0.05, 0) is 17.5 Å². The first kappa shape index (κ1) is 28.4. The van der Waals surface area contributed by atoms with Crippen LogP contribution in [0.1, 0.15) is 44.4 Å². The van der Waals surface area contributed by atoms with Crippen LogP contribution in [0.2, 0.25) is 0 Å². The molecular formula is C33H31IrN2O3-. The SMILES string of the molecule is CC(C)C(=O)/C=C(\O)C(C)C.Cc1[c-]c(-c2nccc3c2oc2cc4cccc5c4c(c23)N=C5)cc(C)c1.[Ir]. The number of allylic oxidation sites excluding steroid dienone is 2. The Balaban J connectivity index is 0.000000254. The van der Waals surface area contributed by atoms with Crippen LogP contribution >= 0.6 is 0 Å². The number of hydrogen-bond acceptors (Lipinski definition) is 5. The van der Waals surface area contributed by atoms with Crippen molar-refractivity contribution >= 4 is 50.4 Å². The van der Waals surface area contributed by atoms with Crippen molar-refractivity contribution in [3.8, 4) is 11.3 Å². The monoisotopic (exact) mass is 696 g/mol. The third-order valence-electron chi connectivity index (χ3n) is 6.71. The molecule has 3 aromatic carbocycles. The number of hydrogen-bond donors (Lipinski definition) is 1. The van der Waals surface area contributed by atoms with E-state index in [-0.39, 0.29) is 43.5 Å². The maximum atomic E-state index is 11.0. The second-order valence-electron chi connectivity index (χ2n) is 10.5. The van der Waals surface area contributed by atoms with E-state index >= 15 is 0 Å². The first-order valence-electron chi connectivity index (χ1n) is 12.9. The number of carbonyl (C=O) groups is 1. The number of ketones is 1. The van der Waals surface area contributed by atoms with Crippen molar-refractivity contribution in [3.63, 3.8) is 0 Å². The molecule has 201 valence electrons. The summed E-state index contributed by atoms with van der Waals surface area (Å²) in [5.41, 5.74) is 7.88. The van der Waals surface area contributed by atoms with Crippen molar-refractivity contribution in [2.45, 2.75) is 41.5 Å². The smallest absolute Gasteiger partial charge is 0.161 e. The molecule has 0 bridgehead atoms. The zero-order chi connectivity index (χ0) is 27.1. The van der Waals surface area contributed by atoms with Gasteiger partial charge in [0.05, 0.1) is 16.8 Å². The number of aliphatic imine (C=N–C) groups is 1. The fraction of sp³-hybridized carbons (Fsp3) is 0.242. The summed E-state index contributed by atoms with van der Waals surface area (Å²) in [6.07, 6.45) is 5.10. The predicted octanol–water partition coefficient (Wildman–Crippen LogP) is 8.59. The Hall–Kier alpha value is -3.60. The molecule has 1 N–H and O–H groups in total. The van der Waals surface area contributed by atoms with Gasteiger partial charge in [-0.1, -0.05) is 59.7 Å². The molecule has 6 heteroatoms. The number of furan rings is 1. The number of nitrogens with zero attached hydrogens (tertiary/aromatic N) is 2. The van der Waals surface area contributed by atoms with E-state index in [1.807, 2.05) is 46.2 Å². The third kappa shape index (κ3) is 5.45. The standard InChI is InChI=1S/C24H15N2O.C9H16O2.Ir/c1-13-8-14(2)10-17(9-13)22-24-18(6-7-25-22)21-19(27-24)11-15-4-3-5-16-12-26-23(21)20(15)16;1-6(2)8(10)5-9(11)7(3)4;/h3-9,11-12H,1-2H3;5-7,10H,1-4H3;/q-1;;/b;8-5-;. The van der Waals surface area contributed by atoms with Gasteiger partial charge < -0.3 is 14.5 Å². The van der Waals surface area contributed by atoms with E-state index in [0.29, 0.717) is 0 Å². The maximum absolute atomic E-state index is 11.0. The molecule has 39 heavy (non-hydrogen) atoms. The molecular weight excluding hydrogens is 665 g/mol. The Kier molecular flexibility index (Phi) is 8.20. The molecule has 0 saturated heterocycles. The van der Waals surface area contributed by atoms with E-state index in [0.717, 1.165) is 55.4 Å². The average molecular weight is 696 g/mol. The number of fused-ring (bicyclic) bond motifs is 4. The van der Waals surface area contributed by atoms with Crippen molar-refractivity contribution in [1.82, 2.24) is 4.98 Å². The first-order valence-corrected chi connectivity index (χ1v) is 12.9. The van der Waals surface area contributed by atoms with E-state index < -0.39 is 0 Å². The molecule has 0 atom stereocenters. The van der Waals surface area contributed by atoms with Crippen molar-refractivity contribution in [2.75, 3.05) is 0 Å². The number of carbonyl (C=O) groups excluding carboxylic acids is 1. The van der Waals surface area contributed by atoms with Gasteiger partial charge in [-0.2, -0.15) is 0 Å². The van der Waals surface area contributed by atoms with Gasteiger partial charge >= 0.3 is 0 Å². The number of aliphatic hydroxyl groups excluding tert-OH is 1. The summed E-state index contributed by atoms with van der Waals surface area (Å²) in [7, 11) is 0. The van der Waals surface area contributed by atoms with Gasteiger partial charge in [0.15, 0.2) is 5.78 Å². The number of benzene rings is 3. The predicted molar refractivity (Wildman–Crippen MR) is 155 cm³/mol. The fourth-order valence-corrected chi connectivity index (χ4v) is 4.70. The minimum absolute atomic E-state index is 0. The number of aryl methyl sites for hydroxylation is 2. The zero-order valence-corrected chi connectivity index (χ0v) is 25.3. The zero-order valence-electron chi connectivity index (χ0n) is 22.9. The van der Waals surface area contributed by atoms with Crippen LogP contribution in [-0.2, 0) is 24.9 Å². The molecule has 0 unspecified atom stereocenters. The van der Waals surface area contributed by atoms with Gasteiger partial charge in [-0.25, -0.2) is 0 Å². The molecule has 0 saturated carbocycles. The van der Waals surface area contributed by atoms with Crippen LogP contribution in [0.15, 0.2) is 69.9 Å². The molecule has 6 rings (SSSR count). The van der Waals surface area contributed by atoms with Crippen LogP contribution in [0, 0.1) is 31.7 Å². The second kappa shape index (κ2) is 11.3. The number of pyridine rings is 1. The van der Waals surface area contributed by atoms with E-state index in [4.69, 9.17) is 9.41 Å². The summed E-state index contributed by atoms with van der Waals surface area (Å²) in [6, 6.07) is 18.1. The minimum atomic E-state index is -0.0316. The first-order chi connectivity index (χ1) is 18.1. The molecule has 0 fully saturated rings. The summed E-state index contributed by atoms with van der Waals surface area (Å²) in [5, 5.41) is 13.6. The van der Waals surface area contributed by atoms with E-state index in [9.17, 15) is 9.90 Å². The van der Waals surface area contributed by atoms with Gasteiger partial charge in [0.1, 0.15) is 11.2 Å². The second-order valence-corrected chi connectivity index (χ2v) is 10.5. The minimum Gasteiger partial charge on any atom is -0.512 e. The molecule has 0 aliphatic carbocycles. The van der Waals surface area contributed by atoms with Crippen molar-refractivity contribution in [3.05, 3.63) is 83.3 Å². The molecule has 3 heterocycles. The van der Waals surface area contributed by atoms with Crippen molar-refractivity contribution < 1.29 is 34.4 Å². The van der Waals surface area contributed by atoms with Crippen molar-refractivity contribution in [2.24, 2.45) is 16.8 Å². The van der Waals surface area contributed by atoms with Gasteiger partial charge in [0.2, 0.25) is 0 Å². The summed E-state index contributed by atoms with van der Waals surface area (Å²) in [5.74, 6) is 0.161. The molecule has 2 aromatic heterocycles. The van der Waals surface area contributed by atoms with E-state index in [2.05, 4.69) is 61.3 Å². The summed E-state index contributed by atoms with van der Waals surface area (Å²) < 4.78 is 6.34. The van der Waals surface area contributed by atoms with Crippen LogP contribution in [0.5, 0.6) is 0 Å². The van der Waals surface area contributed by atoms with Gasteiger partial charge in [0, 0.05) is 72.5 Å². The number of aromatic nitrogens is 1. The molecule has 1 aliphatic heterocycles. The fourth-order valence-electron chi connectivity index (χ4n) is 4.70. The van der Waals surface area contributed by atoms with E-state index in [1.54, 1.807) is 0 Å². The molecule has 1 radical (unpaired) electrons. The van der Waals surface area contributed by atoms with Crippen LogP contribution in [0.3, 0.4) is 0 Å². The molecule has 5 aromatic rings. The van der Waals surface area contributed by atoms with Crippen molar-refractivity contribution in [1.29, 1.82) is 0 Å². The van der Waals surface area contributed by atoms with Crippen LogP contribution in [0.25, 0.3) is 44.0 Å². The average Bonchev–Trinajstić information content (AvgIpc) is 3.46. The number of aliphatic hydroxyl groups is 1. The molecule has 5 nitrogen and oxygen atoms in total. The van der Waals surface area contributed by atoms with Crippen LogP contribution in [0.4, 0.5) is 5.69 Å². The normalized spacial score (nSPS) is 12.4. The Morgan fingerprint density at radius 2 is 1.79 bits per heavy atom. The topological polar surface area (TPSA) is 75.7 Å². The summed E-state index contributed by atoms with van der Waals surface area (Å²) >= 11 is 0. The quantitative estimate of drug-likeness (QED) is 0.114. The van der Waals surface area contributed by atoms with Gasteiger partial charge in [-0.3, -0.25) is 9.79 Å². The molecule has 1 aliphatic rings. The summed E-state index contributed by atoms with van der Waals surface area (Å²) in [6.45, 7) is 11.5. The number of rotatable bonds is 4. The van der Waals surface area contributed by atoms with Crippen LogP contribution in [-0.4, -0.2) is 22.1 Å². The molecule has 0 amide bonds. The Morgan fingerprint density at radius 1 is 1.03 bits per heavy atom. The van der Waals surface area contributed by atoms with Gasteiger partial charge in [-0.15, -0.1) is 34.9 Å². The Labute approximate surface area is 242 Å². The van der Waals surface area contributed by atoms with Gasteiger partial charge in [0.25, 0.3) is 0 Å². The van der Waals surface area contributed by atoms with Crippen LogP contribution < -0.4 is 0 Å². The molecule has 0 spiro atoms. The van der Waals surface area contributed by atoms with E-state index in [1.165, 1.54) is 17.0 Å². The Bertz CT molecular complexity index is 1760. The third-order valence-corrected chi connectivity index (χ3v) is 6.71. The maximum Gasteiger partial charge on any atom is 0.161 e. The largest absolute Gasteiger partial charge is 0.512 e. The summed E-state index contributed by atoms with van der Waals surface area (Å²) in [4.78, 5) is 20.4. The Morgan fingerprint density at radius 3 is 2.49 bits per heavy atom.